The Morgan fingerprint density at radius 3 is 2.67 bits per heavy atom. The van der Waals surface area contributed by atoms with Crippen molar-refractivity contribution in [3.8, 4) is 11.8 Å². The van der Waals surface area contributed by atoms with Crippen LogP contribution in [0.15, 0.2) is 23.2 Å². The van der Waals surface area contributed by atoms with Crippen LogP contribution in [0.5, 0.6) is 0 Å². The number of hydrogen-bond acceptors (Lipinski definition) is 6. The lowest BCUT2D eigenvalue weighted by Gasteiger charge is -2.22. The van der Waals surface area contributed by atoms with Gasteiger partial charge in [0, 0.05) is 23.4 Å². The summed E-state index contributed by atoms with van der Waals surface area (Å²) in [7, 11) is -4.21. The van der Waals surface area contributed by atoms with Crippen molar-refractivity contribution in [2.45, 2.75) is 38.1 Å². The first-order valence-corrected chi connectivity index (χ1v) is 9.56. The number of carbonyl (C=O) groups excluding carboxylic acids is 2. The van der Waals surface area contributed by atoms with Crippen LogP contribution in [0.3, 0.4) is 0 Å². The Bertz CT molecular complexity index is 933. The van der Waals surface area contributed by atoms with Gasteiger partial charge in [-0.1, -0.05) is 17.5 Å². The van der Waals surface area contributed by atoms with Gasteiger partial charge in [0.2, 0.25) is 15.8 Å². The molecule has 27 heavy (non-hydrogen) atoms. The minimum atomic E-state index is -4.21. The summed E-state index contributed by atoms with van der Waals surface area (Å²) in [6, 6.07) is 2.47. The number of ether oxygens (including phenoxy) is 1. The normalized spacial score (nSPS) is 13.6. The number of halogens is 1. The number of sulfonamides is 1. The van der Waals surface area contributed by atoms with Crippen molar-refractivity contribution in [2.75, 3.05) is 19.6 Å². The summed E-state index contributed by atoms with van der Waals surface area (Å²) in [5.41, 5.74) is -0.744. The molecule has 0 saturated carbocycles. The zero-order valence-electron chi connectivity index (χ0n) is 18.1. The molecule has 1 aromatic rings. The van der Waals surface area contributed by atoms with Crippen LogP contribution >= 0.6 is 11.6 Å². The van der Waals surface area contributed by atoms with E-state index in [1.54, 1.807) is 26.7 Å². The van der Waals surface area contributed by atoms with Gasteiger partial charge >= 0.3 is 6.09 Å². The van der Waals surface area contributed by atoms with Gasteiger partial charge in [-0.25, -0.2) is 18.2 Å². The second-order valence-electron chi connectivity index (χ2n) is 6.26. The van der Waals surface area contributed by atoms with Gasteiger partial charge in [0.05, 0.1) is 6.54 Å². The Morgan fingerprint density at radius 1 is 1.41 bits per heavy atom. The van der Waals surface area contributed by atoms with E-state index in [1.165, 1.54) is 12.1 Å². The first-order valence-electron chi connectivity index (χ1n) is 9.25. The number of pyridine rings is 1. The molecule has 0 radical (unpaired) electrons. The minimum Gasteiger partial charge on any atom is -0.444 e. The lowest BCUT2D eigenvalue weighted by atomic mass is 10.2. The van der Waals surface area contributed by atoms with Crippen LogP contribution in [0.25, 0.3) is 0 Å². The Kier molecular flexibility index (Phi) is 6.54. The first-order chi connectivity index (χ1) is 13.6. The van der Waals surface area contributed by atoms with Crippen LogP contribution in [0.1, 0.15) is 31.7 Å². The van der Waals surface area contributed by atoms with E-state index in [2.05, 4.69) is 10.3 Å². The highest BCUT2D eigenvalue weighted by Gasteiger charge is 2.27. The highest BCUT2D eigenvalue weighted by atomic mass is 35.5. The van der Waals surface area contributed by atoms with Crippen molar-refractivity contribution < 1.29 is 26.9 Å². The third kappa shape index (κ3) is 7.95. The Morgan fingerprint density at radius 2 is 2.11 bits per heavy atom. The summed E-state index contributed by atoms with van der Waals surface area (Å²) in [4.78, 5) is 27.3. The number of carbonyl (C=O) groups is 2. The number of nitrogens with one attached hydrogen (secondary N) is 1. The molecule has 1 aromatic heterocycles. The third-order valence-electron chi connectivity index (χ3n) is 2.89. The van der Waals surface area contributed by atoms with Crippen molar-refractivity contribution >= 4 is 33.5 Å². The van der Waals surface area contributed by atoms with Crippen molar-refractivity contribution in [2.24, 2.45) is 0 Å². The molecular formula is C17H22ClN3O5S. The molecule has 0 aliphatic heterocycles. The molecule has 8 nitrogen and oxygen atoms in total. The summed E-state index contributed by atoms with van der Waals surface area (Å²) in [5.74, 6) is 2.77. The number of amides is 1. The fourth-order valence-electron chi connectivity index (χ4n) is 1.81. The second-order valence-corrected chi connectivity index (χ2v) is 8.58. The zero-order valence-corrected chi connectivity index (χ0v) is 16.6. The number of alkyl carbamates (subject to hydrolysis) is 1. The molecule has 0 saturated heterocycles. The van der Waals surface area contributed by atoms with Crippen molar-refractivity contribution in [1.82, 2.24) is 14.6 Å². The Labute approximate surface area is 168 Å². The second kappa shape index (κ2) is 9.69. The van der Waals surface area contributed by atoms with E-state index in [0.29, 0.717) is 0 Å². The molecule has 0 aliphatic carbocycles. The van der Waals surface area contributed by atoms with Crippen LogP contribution in [-0.4, -0.2) is 54.8 Å². The first kappa shape index (κ1) is 18.2. The predicted octanol–water partition coefficient (Wildman–Crippen LogP) is 1.84. The van der Waals surface area contributed by atoms with Crippen LogP contribution in [0.2, 0.25) is 5.15 Å². The van der Waals surface area contributed by atoms with E-state index in [4.69, 9.17) is 20.5 Å². The summed E-state index contributed by atoms with van der Waals surface area (Å²) >= 11 is 5.67. The highest BCUT2D eigenvalue weighted by Crippen LogP contribution is 2.16. The zero-order chi connectivity index (χ0) is 23.2. The SMILES string of the molecule is [2H]C([2H])([2H])C#CC(=O)CN(CCNC(=O)OC(C)(C)C)S(=O)(=O)c1ccc(Cl)nc1. The number of ketones is 1. The molecule has 0 atom stereocenters. The fourth-order valence-corrected chi connectivity index (χ4v) is 3.27. The lowest BCUT2D eigenvalue weighted by Crippen LogP contribution is -2.42. The van der Waals surface area contributed by atoms with E-state index in [9.17, 15) is 18.0 Å². The maximum absolute atomic E-state index is 12.9. The maximum atomic E-state index is 12.9. The van der Waals surface area contributed by atoms with Gasteiger partial charge in [0.25, 0.3) is 0 Å². The topological polar surface area (TPSA) is 106 Å². The smallest absolute Gasteiger partial charge is 0.407 e. The lowest BCUT2D eigenvalue weighted by molar-refractivity contribution is -0.114. The van der Waals surface area contributed by atoms with Crippen LogP contribution in [0.4, 0.5) is 4.79 Å². The van der Waals surface area contributed by atoms with Crippen LogP contribution in [-0.2, 0) is 19.6 Å². The maximum Gasteiger partial charge on any atom is 0.407 e. The Balaban J connectivity index is 3.01. The molecule has 1 heterocycles. The van der Waals surface area contributed by atoms with E-state index in [0.717, 1.165) is 10.5 Å². The average molecular weight is 419 g/mol. The molecule has 10 heteroatoms. The van der Waals surface area contributed by atoms with E-state index >= 15 is 0 Å². The number of hydrogen-bond donors (Lipinski definition) is 1. The fraction of sp³-hybridized carbons (Fsp3) is 0.471. The van der Waals surface area contributed by atoms with Gasteiger partial charge in [-0.15, -0.1) is 0 Å². The van der Waals surface area contributed by atoms with Crippen LogP contribution in [0, 0.1) is 11.8 Å². The highest BCUT2D eigenvalue weighted by molar-refractivity contribution is 7.89. The molecule has 1 rings (SSSR count). The molecule has 0 spiro atoms. The van der Waals surface area contributed by atoms with Gasteiger partial charge in [0.15, 0.2) is 0 Å². The molecule has 0 aromatic carbocycles. The van der Waals surface area contributed by atoms with E-state index in [-0.39, 0.29) is 23.1 Å². The summed E-state index contributed by atoms with van der Waals surface area (Å²) in [6.45, 7) is 1.15. The molecule has 0 bridgehead atoms. The molecule has 0 fully saturated rings. The van der Waals surface area contributed by atoms with Gasteiger partial charge in [-0.3, -0.25) is 4.79 Å². The van der Waals surface area contributed by atoms with Gasteiger partial charge in [-0.2, -0.15) is 4.31 Å². The van der Waals surface area contributed by atoms with E-state index in [1.807, 2.05) is 5.92 Å². The van der Waals surface area contributed by atoms with Gasteiger partial charge in [-0.05, 0) is 45.7 Å². The van der Waals surface area contributed by atoms with Crippen LogP contribution < -0.4 is 5.32 Å². The molecule has 1 N–H and O–H groups in total. The molecule has 1 amide bonds. The molecule has 148 valence electrons. The predicted molar refractivity (Wildman–Crippen MR) is 101 cm³/mol. The minimum absolute atomic E-state index is 0.0757. The molecule has 0 unspecified atom stereocenters. The largest absolute Gasteiger partial charge is 0.444 e. The monoisotopic (exact) mass is 418 g/mol. The summed E-state index contributed by atoms with van der Waals surface area (Å²) in [6.07, 6.45) is 0.256. The van der Waals surface area contributed by atoms with Gasteiger partial charge in [0.1, 0.15) is 15.6 Å². The quantitative estimate of drug-likeness (QED) is 0.411. The third-order valence-corrected chi connectivity index (χ3v) is 4.94. The number of nitrogens with zero attached hydrogens (tertiary/aromatic N) is 2. The Hall–Kier alpha value is -2.15. The summed E-state index contributed by atoms with van der Waals surface area (Å²) < 4.78 is 52.6. The van der Waals surface area contributed by atoms with Crippen molar-refractivity contribution in [1.29, 1.82) is 0 Å². The number of Topliss-reactive ketones (excluding diaryl/α,β-unsaturated/α-hetero) is 1. The average Bonchev–Trinajstić information content (AvgIpc) is 2.57. The van der Waals surface area contributed by atoms with Crippen molar-refractivity contribution in [3.05, 3.63) is 23.5 Å². The van der Waals surface area contributed by atoms with E-state index < -0.39 is 40.9 Å². The van der Waals surface area contributed by atoms with Crippen molar-refractivity contribution in [3.63, 3.8) is 0 Å². The van der Waals surface area contributed by atoms with Gasteiger partial charge < -0.3 is 10.1 Å². The molecule has 0 aliphatic rings. The number of rotatable bonds is 7. The number of aromatic nitrogens is 1. The standard InChI is InChI=1S/C17H22ClN3O5S/c1-5-6-13(22)12-21(10-9-19-16(23)26-17(2,3)4)27(24,25)14-7-8-15(18)20-11-14/h7-8,11H,9-10,12H2,1-4H3,(H,19,23)/i1D3. The summed E-state index contributed by atoms with van der Waals surface area (Å²) in [5, 5.41) is 2.47. The molecular weight excluding hydrogens is 394 g/mol.